The lowest BCUT2D eigenvalue weighted by atomic mass is 9.99. The van der Waals surface area contributed by atoms with E-state index in [9.17, 15) is 0 Å². The molecule has 0 amide bonds. The molecule has 0 unspecified atom stereocenters. The number of hydrogen-bond donors (Lipinski definition) is 0. The highest BCUT2D eigenvalue weighted by Gasteiger charge is 2.36. The molecule has 2 aliphatic rings. The average molecular weight is 395 g/mol. The van der Waals surface area contributed by atoms with Gasteiger partial charge in [0.2, 0.25) is 0 Å². The van der Waals surface area contributed by atoms with Gasteiger partial charge in [0, 0.05) is 24.5 Å². The fourth-order valence-electron chi connectivity index (χ4n) is 4.86. The highest BCUT2D eigenvalue weighted by atomic mass is 28.3. The van der Waals surface area contributed by atoms with E-state index in [1.165, 1.54) is 22.3 Å². The minimum atomic E-state index is -1.40. The highest BCUT2D eigenvalue weighted by Crippen LogP contribution is 2.38. The maximum absolute atomic E-state index is 2.65. The van der Waals surface area contributed by atoms with Gasteiger partial charge in [-0.3, -0.25) is 0 Å². The SMILES string of the molecule is Cc1cc2c(c([Si](C)(C)C)c1)N1Cc3cc(C)cc([Si](C)(C)C)c3N(C2)C1. The number of fused-ring (bicyclic) bond motifs is 6. The quantitative estimate of drug-likeness (QED) is 0.682. The lowest BCUT2D eigenvalue weighted by molar-refractivity contribution is 0.653. The Bertz CT molecular complexity index is 844. The molecule has 4 heteroatoms. The van der Waals surface area contributed by atoms with Crippen molar-refractivity contribution in [3.63, 3.8) is 0 Å². The third-order valence-corrected chi connectivity index (χ3v) is 9.97. The topological polar surface area (TPSA) is 6.48 Å². The third kappa shape index (κ3) is 3.17. The van der Waals surface area contributed by atoms with Crippen molar-refractivity contribution in [2.24, 2.45) is 0 Å². The predicted molar refractivity (Wildman–Crippen MR) is 126 cm³/mol. The van der Waals surface area contributed by atoms with Crippen LogP contribution in [0, 0.1) is 13.8 Å². The van der Waals surface area contributed by atoms with E-state index in [4.69, 9.17) is 0 Å². The maximum atomic E-state index is 2.65. The third-order valence-electron chi connectivity index (χ3n) is 5.98. The lowest BCUT2D eigenvalue weighted by Gasteiger charge is -2.48. The predicted octanol–water partition coefficient (Wildman–Crippen LogP) is 4.69. The number of nitrogens with zero attached hydrogens (tertiary/aromatic N) is 2. The zero-order chi connectivity index (χ0) is 19.7. The molecule has 2 aliphatic heterocycles. The van der Waals surface area contributed by atoms with Crippen LogP contribution in [0.5, 0.6) is 0 Å². The number of aryl methyl sites for hydroxylation is 2. The Morgan fingerprint density at radius 1 is 0.630 bits per heavy atom. The first-order valence-corrected chi connectivity index (χ1v) is 17.2. The van der Waals surface area contributed by atoms with Crippen LogP contribution in [0.25, 0.3) is 0 Å². The molecule has 0 atom stereocenters. The molecular weight excluding hydrogens is 360 g/mol. The molecule has 0 saturated carbocycles. The fraction of sp³-hybridized carbons (Fsp3) is 0.478. The second-order valence-electron chi connectivity index (χ2n) is 10.7. The summed E-state index contributed by atoms with van der Waals surface area (Å²) in [6.07, 6.45) is 0. The van der Waals surface area contributed by atoms with Gasteiger partial charge in [-0.15, -0.1) is 0 Å². The minimum absolute atomic E-state index is 1.04. The lowest BCUT2D eigenvalue weighted by Crippen LogP contribution is -2.54. The molecular formula is C23H34N2Si2. The normalized spacial score (nSPS) is 16.3. The molecule has 2 nitrogen and oxygen atoms in total. The van der Waals surface area contributed by atoms with Gasteiger partial charge in [0.25, 0.3) is 0 Å². The molecule has 4 rings (SSSR count). The second kappa shape index (κ2) is 5.98. The Labute approximate surface area is 167 Å². The van der Waals surface area contributed by atoms with Gasteiger partial charge in [0.1, 0.15) is 0 Å². The second-order valence-corrected chi connectivity index (χ2v) is 20.8. The van der Waals surface area contributed by atoms with Gasteiger partial charge in [0.15, 0.2) is 0 Å². The van der Waals surface area contributed by atoms with Crippen LogP contribution in [-0.4, -0.2) is 22.8 Å². The van der Waals surface area contributed by atoms with Crippen LogP contribution in [-0.2, 0) is 13.1 Å². The van der Waals surface area contributed by atoms with Crippen molar-refractivity contribution in [2.75, 3.05) is 16.5 Å². The Morgan fingerprint density at radius 3 is 1.33 bits per heavy atom. The van der Waals surface area contributed by atoms with E-state index >= 15 is 0 Å². The van der Waals surface area contributed by atoms with Gasteiger partial charge >= 0.3 is 0 Å². The van der Waals surface area contributed by atoms with Gasteiger partial charge in [-0.25, -0.2) is 0 Å². The monoisotopic (exact) mass is 394 g/mol. The van der Waals surface area contributed by atoms with E-state index in [0.717, 1.165) is 19.8 Å². The molecule has 0 spiro atoms. The van der Waals surface area contributed by atoms with Crippen LogP contribution < -0.4 is 20.2 Å². The van der Waals surface area contributed by atoms with Crippen molar-refractivity contribution < 1.29 is 0 Å². The Hall–Kier alpha value is -1.53. The highest BCUT2D eigenvalue weighted by molar-refractivity contribution is 6.90. The van der Waals surface area contributed by atoms with Crippen LogP contribution in [0.2, 0.25) is 39.3 Å². The summed E-state index contributed by atoms with van der Waals surface area (Å²) in [5.74, 6) is 0. The zero-order valence-electron chi connectivity index (χ0n) is 18.3. The van der Waals surface area contributed by atoms with Crippen molar-refractivity contribution in [3.8, 4) is 0 Å². The summed E-state index contributed by atoms with van der Waals surface area (Å²) in [6.45, 7) is 22.6. The van der Waals surface area contributed by atoms with E-state index in [2.05, 4.69) is 87.2 Å². The molecule has 0 radical (unpaired) electrons. The van der Waals surface area contributed by atoms with Crippen molar-refractivity contribution in [1.29, 1.82) is 0 Å². The molecule has 0 aliphatic carbocycles. The summed E-state index contributed by atoms with van der Waals surface area (Å²) < 4.78 is 0. The van der Waals surface area contributed by atoms with Gasteiger partial charge in [-0.1, -0.05) is 74.7 Å². The molecule has 27 heavy (non-hydrogen) atoms. The van der Waals surface area contributed by atoms with E-state index in [-0.39, 0.29) is 0 Å². The first kappa shape index (κ1) is 18.8. The molecule has 0 aromatic heterocycles. The standard InChI is InChI=1S/C23H34N2Si2/c1-16-9-18-13-24-15-25(22(18)20(11-16)26(3,4)5)14-19-10-17(2)12-21(23(19)24)27(6,7)8/h9-12H,13-15H2,1-8H3. The number of anilines is 2. The van der Waals surface area contributed by atoms with Crippen molar-refractivity contribution in [3.05, 3.63) is 46.5 Å². The Balaban J connectivity index is 1.91. The summed E-state index contributed by atoms with van der Waals surface area (Å²) in [6, 6.07) is 9.82. The van der Waals surface area contributed by atoms with Crippen LogP contribution in [0.1, 0.15) is 22.3 Å². The maximum Gasteiger partial charge on any atom is 0.0910 e. The molecule has 2 aromatic carbocycles. The first-order chi connectivity index (χ1) is 12.4. The average Bonchev–Trinajstić information content (AvgIpc) is 2.51. The zero-order valence-corrected chi connectivity index (χ0v) is 20.3. The Kier molecular flexibility index (Phi) is 4.17. The van der Waals surface area contributed by atoms with Crippen LogP contribution in [0.4, 0.5) is 11.4 Å². The number of hydrogen-bond acceptors (Lipinski definition) is 2. The van der Waals surface area contributed by atoms with E-state index in [1.54, 1.807) is 21.7 Å². The van der Waals surface area contributed by atoms with E-state index < -0.39 is 16.1 Å². The van der Waals surface area contributed by atoms with Gasteiger partial charge in [-0.2, -0.15) is 0 Å². The van der Waals surface area contributed by atoms with E-state index in [1.807, 2.05) is 0 Å². The van der Waals surface area contributed by atoms with Gasteiger partial charge in [0.05, 0.1) is 22.8 Å². The first-order valence-electron chi connectivity index (χ1n) is 10.2. The van der Waals surface area contributed by atoms with Crippen molar-refractivity contribution >= 4 is 37.9 Å². The van der Waals surface area contributed by atoms with Crippen molar-refractivity contribution in [2.45, 2.75) is 66.2 Å². The van der Waals surface area contributed by atoms with Crippen LogP contribution in [0.15, 0.2) is 24.3 Å². The number of benzene rings is 2. The molecule has 2 aromatic rings. The smallest absolute Gasteiger partial charge is 0.0910 e. The molecule has 2 bridgehead atoms. The Morgan fingerprint density at radius 2 is 1.00 bits per heavy atom. The molecule has 0 saturated heterocycles. The number of rotatable bonds is 2. The van der Waals surface area contributed by atoms with E-state index in [0.29, 0.717) is 0 Å². The molecule has 0 fully saturated rings. The molecule has 2 heterocycles. The van der Waals surface area contributed by atoms with Crippen molar-refractivity contribution in [1.82, 2.24) is 0 Å². The minimum Gasteiger partial charge on any atom is -0.349 e. The molecule has 0 N–H and O–H groups in total. The summed E-state index contributed by atoms with van der Waals surface area (Å²) in [7, 11) is -2.79. The summed E-state index contributed by atoms with van der Waals surface area (Å²) >= 11 is 0. The summed E-state index contributed by atoms with van der Waals surface area (Å²) in [5.41, 5.74) is 9.01. The van der Waals surface area contributed by atoms with Crippen LogP contribution >= 0.6 is 0 Å². The molecule has 144 valence electrons. The van der Waals surface area contributed by atoms with Crippen LogP contribution in [0.3, 0.4) is 0 Å². The largest absolute Gasteiger partial charge is 0.349 e. The van der Waals surface area contributed by atoms with Gasteiger partial charge in [-0.05, 0) is 35.3 Å². The fourth-order valence-corrected chi connectivity index (χ4v) is 8.24. The summed E-state index contributed by atoms with van der Waals surface area (Å²) in [5, 5.41) is 3.28. The summed E-state index contributed by atoms with van der Waals surface area (Å²) in [4.78, 5) is 5.31. The van der Waals surface area contributed by atoms with Gasteiger partial charge < -0.3 is 9.80 Å².